The highest BCUT2D eigenvalue weighted by Gasteiger charge is 2.13. The second-order valence-corrected chi connectivity index (χ2v) is 6.25. The molecule has 0 aromatic carbocycles. The van der Waals surface area contributed by atoms with Gasteiger partial charge >= 0.3 is 10.2 Å². The van der Waals surface area contributed by atoms with Gasteiger partial charge in [0.15, 0.2) is 5.82 Å². The maximum Gasteiger partial charge on any atom is 0.302 e. The van der Waals surface area contributed by atoms with Crippen LogP contribution in [0.15, 0.2) is 36.5 Å². The summed E-state index contributed by atoms with van der Waals surface area (Å²) in [5, 5.41) is 10.8. The van der Waals surface area contributed by atoms with Gasteiger partial charge in [0.1, 0.15) is 5.82 Å². The molecular formula is C12H16N6O2S. The van der Waals surface area contributed by atoms with Crippen LogP contribution in [0.3, 0.4) is 0 Å². The van der Waals surface area contributed by atoms with Crippen LogP contribution in [-0.4, -0.2) is 42.0 Å². The Balaban J connectivity index is 1.96. The standard InChI is InChI=1S/C12H16N6O2S/c1-18(2)21(19,20)17-12-7-6-11(15-16-12)14-9-10-5-3-4-8-13-10/h3-8H,9H2,1-2H3,(H,14,15)(H,16,17). The van der Waals surface area contributed by atoms with E-state index >= 15 is 0 Å². The van der Waals surface area contributed by atoms with Gasteiger partial charge in [0.05, 0.1) is 12.2 Å². The Morgan fingerprint density at radius 2 is 1.81 bits per heavy atom. The molecule has 0 aliphatic carbocycles. The summed E-state index contributed by atoms with van der Waals surface area (Å²) < 4.78 is 26.6. The molecule has 0 fully saturated rings. The van der Waals surface area contributed by atoms with Crippen molar-refractivity contribution in [1.82, 2.24) is 19.5 Å². The smallest absolute Gasteiger partial charge is 0.302 e. The van der Waals surface area contributed by atoms with Crippen LogP contribution in [0, 0.1) is 0 Å². The lowest BCUT2D eigenvalue weighted by molar-refractivity contribution is 0.526. The Labute approximate surface area is 123 Å². The quantitative estimate of drug-likeness (QED) is 0.815. The molecule has 0 spiro atoms. The van der Waals surface area contributed by atoms with Gasteiger partial charge in [-0.2, -0.15) is 12.7 Å². The Kier molecular flexibility index (Phi) is 4.66. The third kappa shape index (κ3) is 4.36. The topological polar surface area (TPSA) is 100 Å². The number of anilines is 2. The van der Waals surface area contributed by atoms with E-state index in [1.165, 1.54) is 20.2 Å². The third-order valence-electron chi connectivity index (χ3n) is 2.56. The van der Waals surface area contributed by atoms with Crippen LogP contribution in [0.1, 0.15) is 5.69 Å². The second-order valence-electron chi connectivity index (χ2n) is 4.37. The van der Waals surface area contributed by atoms with E-state index in [-0.39, 0.29) is 5.82 Å². The summed E-state index contributed by atoms with van der Waals surface area (Å²) in [6.45, 7) is 0.512. The highest BCUT2D eigenvalue weighted by Crippen LogP contribution is 2.09. The van der Waals surface area contributed by atoms with Gasteiger partial charge in [-0.3, -0.25) is 9.71 Å². The van der Waals surface area contributed by atoms with Gasteiger partial charge in [-0.15, -0.1) is 10.2 Å². The average molecular weight is 308 g/mol. The fourth-order valence-corrected chi connectivity index (χ4v) is 1.94. The summed E-state index contributed by atoms with van der Waals surface area (Å²) in [7, 11) is -0.711. The zero-order chi connectivity index (χ0) is 15.3. The molecule has 9 heteroatoms. The maximum atomic E-state index is 11.6. The zero-order valence-electron chi connectivity index (χ0n) is 11.7. The van der Waals surface area contributed by atoms with Crippen molar-refractivity contribution in [1.29, 1.82) is 0 Å². The molecule has 8 nitrogen and oxygen atoms in total. The molecule has 21 heavy (non-hydrogen) atoms. The van der Waals surface area contributed by atoms with Crippen molar-refractivity contribution < 1.29 is 8.42 Å². The SMILES string of the molecule is CN(C)S(=O)(=O)Nc1ccc(NCc2ccccn2)nn1. The van der Waals surface area contributed by atoms with Crippen LogP contribution in [-0.2, 0) is 16.8 Å². The van der Waals surface area contributed by atoms with Crippen molar-refractivity contribution >= 4 is 21.8 Å². The lowest BCUT2D eigenvalue weighted by atomic mass is 10.3. The van der Waals surface area contributed by atoms with Crippen molar-refractivity contribution in [2.45, 2.75) is 6.54 Å². The van der Waals surface area contributed by atoms with E-state index in [0.29, 0.717) is 12.4 Å². The van der Waals surface area contributed by atoms with Crippen molar-refractivity contribution in [3.63, 3.8) is 0 Å². The molecular weight excluding hydrogens is 292 g/mol. The number of pyridine rings is 1. The zero-order valence-corrected chi connectivity index (χ0v) is 12.5. The molecule has 0 amide bonds. The largest absolute Gasteiger partial charge is 0.363 e. The van der Waals surface area contributed by atoms with Gasteiger partial charge in [0.25, 0.3) is 0 Å². The van der Waals surface area contributed by atoms with Gasteiger partial charge in [-0.1, -0.05) is 6.07 Å². The third-order valence-corrected chi connectivity index (χ3v) is 3.98. The van der Waals surface area contributed by atoms with Crippen molar-refractivity contribution in [3.8, 4) is 0 Å². The molecule has 2 aromatic rings. The van der Waals surface area contributed by atoms with Gasteiger partial charge in [0, 0.05) is 20.3 Å². The summed E-state index contributed by atoms with van der Waals surface area (Å²) in [5.41, 5.74) is 0.872. The van der Waals surface area contributed by atoms with E-state index in [1.807, 2.05) is 18.2 Å². The number of rotatable bonds is 6. The van der Waals surface area contributed by atoms with E-state index in [2.05, 4.69) is 25.2 Å². The molecule has 0 unspecified atom stereocenters. The fourth-order valence-electron chi connectivity index (χ4n) is 1.39. The van der Waals surface area contributed by atoms with E-state index in [4.69, 9.17) is 0 Å². The monoisotopic (exact) mass is 308 g/mol. The normalized spacial score (nSPS) is 11.4. The first-order valence-electron chi connectivity index (χ1n) is 6.15. The molecule has 2 aromatic heterocycles. The maximum absolute atomic E-state index is 11.6. The van der Waals surface area contributed by atoms with Crippen LogP contribution in [0.2, 0.25) is 0 Å². The number of nitrogens with one attached hydrogen (secondary N) is 2. The number of aromatic nitrogens is 3. The predicted octanol–water partition coefficient (Wildman–Crippen LogP) is 0.702. The Morgan fingerprint density at radius 1 is 1.10 bits per heavy atom. The highest BCUT2D eigenvalue weighted by molar-refractivity contribution is 7.90. The first-order valence-corrected chi connectivity index (χ1v) is 7.59. The van der Waals surface area contributed by atoms with Crippen LogP contribution < -0.4 is 10.0 Å². The fraction of sp³-hybridized carbons (Fsp3) is 0.250. The van der Waals surface area contributed by atoms with Crippen molar-refractivity contribution in [3.05, 3.63) is 42.2 Å². The van der Waals surface area contributed by atoms with Gasteiger partial charge in [-0.05, 0) is 24.3 Å². The minimum atomic E-state index is -3.57. The Morgan fingerprint density at radius 3 is 2.38 bits per heavy atom. The second kappa shape index (κ2) is 6.46. The molecule has 112 valence electrons. The first-order chi connectivity index (χ1) is 9.97. The van der Waals surface area contributed by atoms with E-state index < -0.39 is 10.2 Å². The summed E-state index contributed by atoms with van der Waals surface area (Å²) in [6.07, 6.45) is 1.71. The summed E-state index contributed by atoms with van der Waals surface area (Å²) >= 11 is 0. The molecule has 0 saturated heterocycles. The van der Waals surface area contributed by atoms with Gasteiger partial charge in [0.2, 0.25) is 0 Å². The minimum Gasteiger partial charge on any atom is -0.363 e. The van der Waals surface area contributed by atoms with Crippen molar-refractivity contribution in [2.75, 3.05) is 24.1 Å². The lowest BCUT2D eigenvalue weighted by Crippen LogP contribution is -2.29. The van der Waals surface area contributed by atoms with Crippen molar-refractivity contribution in [2.24, 2.45) is 0 Å². The van der Waals surface area contributed by atoms with Crippen LogP contribution in [0.4, 0.5) is 11.6 Å². The highest BCUT2D eigenvalue weighted by atomic mass is 32.2. The summed E-state index contributed by atoms with van der Waals surface area (Å²) in [4.78, 5) is 4.17. The summed E-state index contributed by atoms with van der Waals surface area (Å²) in [6, 6.07) is 8.81. The van der Waals surface area contributed by atoms with Gasteiger partial charge in [-0.25, -0.2) is 0 Å². The summed E-state index contributed by atoms with van der Waals surface area (Å²) in [5.74, 6) is 0.695. The Hall–Kier alpha value is -2.26. The average Bonchev–Trinajstić information content (AvgIpc) is 2.47. The molecule has 2 N–H and O–H groups in total. The molecule has 2 rings (SSSR count). The van der Waals surface area contributed by atoms with Crippen LogP contribution >= 0.6 is 0 Å². The Bertz CT molecular complexity index is 673. The van der Waals surface area contributed by atoms with Crippen LogP contribution in [0.25, 0.3) is 0 Å². The van der Waals surface area contributed by atoms with E-state index in [1.54, 1.807) is 12.3 Å². The molecule has 0 radical (unpaired) electrons. The number of hydrogen-bond acceptors (Lipinski definition) is 6. The predicted molar refractivity (Wildman–Crippen MR) is 79.8 cm³/mol. The lowest BCUT2D eigenvalue weighted by Gasteiger charge is -2.12. The minimum absolute atomic E-state index is 0.159. The molecule has 0 aliphatic rings. The molecule has 0 atom stereocenters. The molecule has 0 saturated carbocycles. The number of nitrogens with zero attached hydrogens (tertiary/aromatic N) is 4. The van der Waals surface area contributed by atoms with E-state index in [9.17, 15) is 8.42 Å². The van der Waals surface area contributed by atoms with E-state index in [0.717, 1.165) is 10.00 Å². The molecule has 0 bridgehead atoms. The first kappa shape index (κ1) is 15.1. The van der Waals surface area contributed by atoms with Crippen LogP contribution in [0.5, 0.6) is 0 Å². The number of hydrogen-bond donors (Lipinski definition) is 2. The molecule has 0 aliphatic heterocycles. The van der Waals surface area contributed by atoms with Gasteiger partial charge < -0.3 is 5.32 Å². The molecule has 2 heterocycles.